The third-order valence-corrected chi connectivity index (χ3v) is 2.74. The number of aromatic nitrogens is 5. The average Bonchev–Trinajstić information content (AvgIpc) is 2.91. The van der Waals surface area contributed by atoms with Crippen LogP contribution in [0.1, 0.15) is 10.4 Å². The van der Waals surface area contributed by atoms with Crippen molar-refractivity contribution in [2.75, 3.05) is 5.73 Å². The van der Waals surface area contributed by atoms with Gasteiger partial charge in [-0.1, -0.05) is 0 Å². The minimum Gasteiger partial charge on any atom is -0.478 e. The number of aromatic carboxylic acids is 1. The molecule has 3 rings (SSSR count). The molecule has 3 N–H and O–H groups in total. The number of carboxylic acid groups (broad SMARTS) is 1. The summed E-state index contributed by atoms with van der Waals surface area (Å²) in [5, 5.41) is 17.3. The fourth-order valence-corrected chi connectivity index (χ4v) is 1.91. The van der Waals surface area contributed by atoms with E-state index in [9.17, 15) is 9.90 Å². The molecule has 0 aliphatic rings. The molecular formula is C11H10N6O2. The Bertz CT molecular complexity index is 788. The number of carboxylic acids is 1. The highest BCUT2D eigenvalue weighted by Gasteiger charge is 2.16. The van der Waals surface area contributed by atoms with Gasteiger partial charge < -0.3 is 10.8 Å². The van der Waals surface area contributed by atoms with Crippen molar-refractivity contribution in [3.63, 3.8) is 0 Å². The maximum atomic E-state index is 11.3. The highest BCUT2D eigenvalue weighted by Crippen LogP contribution is 2.24. The summed E-state index contributed by atoms with van der Waals surface area (Å²) in [5.41, 5.74) is 7.23. The number of nitrogens with two attached hydrogens (primary N) is 1. The van der Waals surface area contributed by atoms with Crippen molar-refractivity contribution in [1.29, 1.82) is 0 Å². The van der Waals surface area contributed by atoms with Crippen LogP contribution in [0.4, 0.5) is 5.95 Å². The van der Waals surface area contributed by atoms with E-state index in [2.05, 4.69) is 15.2 Å². The van der Waals surface area contributed by atoms with Gasteiger partial charge in [-0.3, -0.25) is 4.68 Å². The molecule has 8 nitrogen and oxygen atoms in total. The maximum absolute atomic E-state index is 11.3. The molecule has 0 radical (unpaired) electrons. The van der Waals surface area contributed by atoms with Gasteiger partial charge in [-0.05, 0) is 6.07 Å². The molecule has 0 aliphatic carbocycles. The van der Waals surface area contributed by atoms with Crippen molar-refractivity contribution >= 4 is 17.6 Å². The molecule has 0 aliphatic heterocycles. The minimum absolute atomic E-state index is 0.0969. The van der Waals surface area contributed by atoms with Crippen LogP contribution in [0.25, 0.3) is 16.8 Å². The van der Waals surface area contributed by atoms with Gasteiger partial charge in [-0.2, -0.15) is 10.1 Å². The minimum atomic E-state index is -1.04. The summed E-state index contributed by atoms with van der Waals surface area (Å²) in [4.78, 5) is 15.3. The molecule has 0 spiro atoms. The van der Waals surface area contributed by atoms with Crippen molar-refractivity contribution in [2.45, 2.75) is 0 Å². The molecule has 96 valence electrons. The standard InChI is InChI=1S/C11H10N6O2/c1-16-4-6(3-13-16)8-5-17-9(14-11(12)15-17)2-7(8)10(18)19/h2-5H,1H3,(H2,12,15)(H,18,19). The molecule has 0 unspecified atom stereocenters. The molecule has 3 aromatic heterocycles. The Morgan fingerprint density at radius 1 is 1.42 bits per heavy atom. The van der Waals surface area contributed by atoms with E-state index in [-0.39, 0.29) is 11.5 Å². The van der Waals surface area contributed by atoms with Crippen LogP contribution in [0, 0.1) is 0 Å². The van der Waals surface area contributed by atoms with E-state index in [4.69, 9.17) is 5.73 Å². The molecule has 3 aromatic rings. The topological polar surface area (TPSA) is 111 Å². The summed E-state index contributed by atoms with van der Waals surface area (Å²) in [6.45, 7) is 0. The Morgan fingerprint density at radius 2 is 2.21 bits per heavy atom. The fraction of sp³-hybridized carbons (Fsp3) is 0.0909. The van der Waals surface area contributed by atoms with Gasteiger partial charge >= 0.3 is 5.97 Å². The zero-order chi connectivity index (χ0) is 13.6. The summed E-state index contributed by atoms with van der Waals surface area (Å²) < 4.78 is 3.05. The summed E-state index contributed by atoms with van der Waals surface area (Å²) in [6, 6.07) is 1.44. The van der Waals surface area contributed by atoms with Gasteiger partial charge in [0.05, 0.1) is 11.8 Å². The highest BCUT2D eigenvalue weighted by molar-refractivity contribution is 5.96. The second kappa shape index (κ2) is 3.80. The van der Waals surface area contributed by atoms with E-state index in [1.54, 1.807) is 30.3 Å². The van der Waals surface area contributed by atoms with Crippen LogP contribution in [0.3, 0.4) is 0 Å². The quantitative estimate of drug-likeness (QED) is 0.688. The smallest absolute Gasteiger partial charge is 0.336 e. The largest absolute Gasteiger partial charge is 0.478 e. The summed E-state index contributed by atoms with van der Waals surface area (Å²) >= 11 is 0. The Morgan fingerprint density at radius 3 is 2.84 bits per heavy atom. The molecule has 3 heterocycles. The number of hydrogen-bond donors (Lipinski definition) is 2. The van der Waals surface area contributed by atoms with Gasteiger partial charge in [0.2, 0.25) is 5.95 Å². The molecular weight excluding hydrogens is 248 g/mol. The Labute approximate surface area is 107 Å². The second-order valence-corrected chi connectivity index (χ2v) is 4.08. The monoisotopic (exact) mass is 258 g/mol. The van der Waals surface area contributed by atoms with Crippen molar-refractivity contribution < 1.29 is 9.90 Å². The van der Waals surface area contributed by atoms with Crippen molar-refractivity contribution in [3.05, 3.63) is 30.2 Å². The zero-order valence-electron chi connectivity index (χ0n) is 9.98. The lowest BCUT2D eigenvalue weighted by Gasteiger charge is -2.04. The number of anilines is 1. The normalized spacial score (nSPS) is 11.0. The lowest BCUT2D eigenvalue weighted by Crippen LogP contribution is -2.02. The first-order valence-electron chi connectivity index (χ1n) is 5.43. The fourth-order valence-electron chi connectivity index (χ4n) is 1.91. The Hall–Kier alpha value is -2.90. The van der Waals surface area contributed by atoms with Crippen LogP contribution < -0.4 is 5.73 Å². The van der Waals surface area contributed by atoms with Gasteiger partial charge in [0, 0.05) is 30.6 Å². The Balaban J connectivity index is 2.31. The van der Waals surface area contributed by atoms with Crippen LogP contribution in [0.5, 0.6) is 0 Å². The number of carbonyl (C=O) groups is 1. The van der Waals surface area contributed by atoms with Crippen LogP contribution in [0.2, 0.25) is 0 Å². The molecule has 0 saturated carbocycles. The van der Waals surface area contributed by atoms with Crippen molar-refractivity contribution in [3.8, 4) is 11.1 Å². The maximum Gasteiger partial charge on any atom is 0.336 e. The molecule has 0 aromatic carbocycles. The SMILES string of the molecule is Cn1cc(-c2cn3nc(N)nc3cc2C(=O)O)cn1. The summed E-state index contributed by atoms with van der Waals surface area (Å²) in [6.07, 6.45) is 4.90. The molecule has 0 saturated heterocycles. The number of aryl methyl sites for hydroxylation is 1. The second-order valence-electron chi connectivity index (χ2n) is 4.08. The number of fused-ring (bicyclic) bond motifs is 1. The van der Waals surface area contributed by atoms with Crippen molar-refractivity contribution in [2.24, 2.45) is 7.05 Å². The first-order chi connectivity index (χ1) is 9.04. The van der Waals surface area contributed by atoms with E-state index in [0.717, 1.165) is 0 Å². The summed E-state index contributed by atoms with van der Waals surface area (Å²) in [7, 11) is 1.76. The molecule has 0 bridgehead atoms. The zero-order valence-corrected chi connectivity index (χ0v) is 9.98. The van der Waals surface area contributed by atoms with Crippen LogP contribution in [-0.4, -0.2) is 35.5 Å². The van der Waals surface area contributed by atoms with Gasteiger partial charge in [-0.25, -0.2) is 9.31 Å². The lowest BCUT2D eigenvalue weighted by atomic mass is 10.1. The third-order valence-electron chi connectivity index (χ3n) is 2.74. The predicted molar refractivity (Wildman–Crippen MR) is 66.6 cm³/mol. The molecule has 0 fully saturated rings. The number of pyridine rings is 1. The number of rotatable bonds is 2. The van der Waals surface area contributed by atoms with E-state index >= 15 is 0 Å². The molecule has 19 heavy (non-hydrogen) atoms. The van der Waals surface area contributed by atoms with Gasteiger partial charge in [0.15, 0.2) is 5.65 Å². The first kappa shape index (κ1) is 11.2. The van der Waals surface area contributed by atoms with Gasteiger partial charge in [0.1, 0.15) is 0 Å². The van der Waals surface area contributed by atoms with Crippen LogP contribution in [0.15, 0.2) is 24.7 Å². The van der Waals surface area contributed by atoms with Crippen molar-refractivity contribution in [1.82, 2.24) is 24.4 Å². The first-order valence-corrected chi connectivity index (χ1v) is 5.43. The molecule has 0 atom stereocenters. The van der Waals surface area contributed by atoms with E-state index in [1.165, 1.54) is 10.6 Å². The molecule has 8 heteroatoms. The number of nitrogen functional groups attached to an aromatic ring is 1. The van der Waals surface area contributed by atoms with E-state index < -0.39 is 5.97 Å². The van der Waals surface area contributed by atoms with E-state index in [0.29, 0.717) is 16.8 Å². The highest BCUT2D eigenvalue weighted by atomic mass is 16.4. The average molecular weight is 258 g/mol. The van der Waals surface area contributed by atoms with Gasteiger partial charge in [0.25, 0.3) is 0 Å². The third kappa shape index (κ3) is 1.79. The number of nitrogens with zero attached hydrogens (tertiary/aromatic N) is 5. The number of hydrogen-bond acceptors (Lipinski definition) is 5. The lowest BCUT2D eigenvalue weighted by molar-refractivity contribution is 0.0697. The Kier molecular flexibility index (Phi) is 2.24. The van der Waals surface area contributed by atoms with Gasteiger partial charge in [-0.15, -0.1) is 5.10 Å². The van der Waals surface area contributed by atoms with Crippen LogP contribution >= 0.6 is 0 Å². The van der Waals surface area contributed by atoms with Crippen LogP contribution in [-0.2, 0) is 7.05 Å². The predicted octanol–water partition coefficient (Wildman–Crippen LogP) is 0.410. The van der Waals surface area contributed by atoms with E-state index in [1.807, 2.05) is 0 Å². The molecule has 0 amide bonds. The summed E-state index contributed by atoms with van der Waals surface area (Å²) in [5.74, 6) is -0.942.